The molecule has 2 aliphatic rings. The van der Waals surface area contributed by atoms with Crippen LogP contribution in [0.2, 0.25) is 0 Å². The molecule has 4 rings (SSSR count). The molecule has 0 saturated carbocycles. The molecule has 2 aromatic rings. The normalized spacial score (nSPS) is 20.8. The van der Waals surface area contributed by atoms with Crippen LogP contribution in [0.4, 0.5) is 8.78 Å². The molecule has 2 amide bonds. The molecule has 3 N–H and O–H groups in total. The number of primary amides is 1. The fourth-order valence-electron chi connectivity index (χ4n) is 5.37. The Kier molecular flexibility index (Phi) is 9.17. The average Bonchev–Trinajstić information content (AvgIpc) is 3.34. The number of aliphatic hydroxyl groups excluding tert-OH is 1. The minimum atomic E-state index is -1.12. The van der Waals surface area contributed by atoms with Gasteiger partial charge in [0.25, 0.3) is 5.91 Å². The minimum Gasteiger partial charge on any atom is -0.477 e. The molecule has 8 nitrogen and oxygen atoms in total. The lowest BCUT2D eigenvalue weighted by Gasteiger charge is -2.36. The molecule has 2 unspecified atom stereocenters. The number of pyridine rings is 1. The summed E-state index contributed by atoms with van der Waals surface area (Å²) in [4.78, 5) is 32.2. The lowest BCUT2D eigenvalue weighted by Crippen LogP contribution is -2.44. The van der Waals surface area contributed by atoms with E-state index in [1.165, 1.54) is 23.2 Å². The van der Waals surface area contributed by atoms with Crippen LogP contribution in [0.1, 0.15) is 56.3 Å². The third-order valence-corrected chi connectivity index (χ3v) is 8.08. The first kappa shape index (κ1) is 28.9. The van der Waals surface area contributed by atoms with E-state index in [1.54, 1.807) is 12.1 Å². The molecule has 2 aliphatic heterocycles. The highest BCUT2D eigenvalue weighted by molar-refractivity contribution is 5.98. The number of alkyl halides is 1. The summed E-state index contributed by atoms with van der Waals surface area (Å²) in [7, 11) is 0. The second-order valence-electron chi connectivity index (χ2n) is 10.7. The van der Waals surface area contributed by atoms with E-state index in [1.807, 2.05) is 13.8 Å². The smallest absolute Gasteiger partial charge is 0.254 e. The standard InChI is InChI=1S/C29H38F2N4O4/c1-3-29(31,4-2)18-34-11-9-19(10-12-34)17-39-26-8-6-21(15-33-26)23-7-5-20(13-24(23)30)28(38)35-16-22(36)14-25(35)27(32)37/h5-8,13,15,19,22,25,36H,3-4,9-12,14,16-18H2,1-2H3,(H2,32,37). The number of aliphatic hydroxyl groups is 1. The highest BCUT2D eigenvalue weighted by Crippen LogP contribution is 2.28. The predicted octanol–water partition coefficient (Wildman–Crippen LogP) is 3.57. The van der Waals surface area contributed by atoms with Gasteiger partial charge in [0.15, 0.2) is 0 Å². The summed E-state index contributed by atoms with van der Waals surface area (Å²) in [6, 6.07) is 6.56. The monoisotopic (exact) mass is 544 g/mol. The summed E-state index contributed by atoms with van der Waals surface area (Å²) in [5, 5.41) is 9.85. The predicted molar refractivity (Wildman–Crippen MR) is 143 cm³/mol. The molecule has 10 heteroatoms. The molecule has 212 valence electrons. The number of amides is 2. The van der Waals surface area contributed by atoms with Crippen molar-refractivity contribution < 1.29 is 28.2 Å². The van der Waals surface area contributed by atoms with Gasteiger partial charge in [-0.3, -0.25) is 9.59 Å². The second-order valence-corrected chi connectivity index (χ2v) is 10.7. The maximum atomic E-state index is 15.0. The van der Waals surface area contributed by atoms with Crippen molar-refractivity contribution in [3.8, 4) is 17.0 Å². The molecular weight excluding hydrogens is 506 g/mol. The zero-order valence-electron chi connectivity index (χ0n) is 22.6. The maximum Gasteiger partial charge on any atom is 0.254 e. The van der Waals surface area contributed by atoms with Crippen LogP contribution in [0, 0.1) is 11.7 Å². The van der Waals surface area contributed by atoms with E-state index in [4.69, 9.17) is 10.5 Å². The first-order chi connectivity index (χ1) is 18.6. The van der Waals surface area contributed by atoms with E-state index in [2.05, 4.69) is 9.88 Å². The van der Waals surface area contributed by atoms with Gasteiger partial charge in [-0.1, -0.05) is 19.9 Å². The van der Waals surface area contributed by atoms with Gasteiger partial charge in [0, 0.05) is 48.5 Å². The minimum absolute atomic E-state index is 0.0314. The second kappa shape index (κ2) is 12.4. The largest absolute Gasteiger partial charge is 0.477 e. The van der Waals surface area contributed by atoms with E-state index in [-0.39, 0.29) is 24.1 Å². The third-order valence-electron chi connectivity index (χ3n) is 8.08. The number of benzene rings is 1. The molecule has 2 saturated heterocycles. The van der Waals surface area contributed by atoms with Gasteiger partial charge < -0.3 is 25.4 Å². The van der Waals surface area contributed by atoms with Crippen molar-refractivity contribution in [2.24, 2.45) is 11.7 Å². The first-order valence-electron chi connectivity index (χ1n) is 13.7. The summed E-state index contributed by atoms with van der Waals surface area (Å²) in [6.45, 7) is 6.48. The molecule has 3 heterocycles. The molecule has 1 aromatic carbocycles. The average molecular weight is 545 g/mol. The lowest BCUT2D eigenvalue weighted by molar-refractivity contribution is -0.121. The van der Waals surface area contributed by atoms with E-state index in [0.717, 1.165) is 32.0 Å². The maximum absolute atomic E-state index is 15.0. The fourth-order valence-corrected chi connectivity index (χ4v) is 5.37. The summed E-state index contributed by atoms with van der Waals surface area (Å²) >= 11 is 0. The quantitative estimate of drug-likeness (QED) is 0.474. The van der Waals surface area contributed by atoms with Crippen LogP contribution in [-0.2, 0) is 4.79 Å². The van der Waals surface area contributed by atoms with Crippen molar-refractivity contribution >= 4 is 11.8 Å². The Morgan fingerprint density at radius 3 is 2.49 bits per heavy atom. The molecule has 2 fully saturated rings. The number of aromatic nitrogens is 1. The van der Waals surface area contributed by atoms with Gasteiger partial charge >= 0.3 is 0 Å². The SMILES string of the molecule is CCC(F)(CC)CN1CCC(COc2ccc(-c3ccc(C(=O)N4CC(O)CC4C(N)=O)cc3F)cn2)CC1. The number of piperidine rings is 1. The van der Waals surface area contributed by atoms with Crippen LogP contribution in [0.15, 0.2) is 36.5 Å². The molecular formula is C29H38F2N4O4. The van der Waals surface area contributed by atoms with E-state index in [0.29, 0.717) is 43.4 Å². The Labute approximate surface area is 228 Å². The molecule has 2 atom stereocenters. The van der Waals surface area contributed by atoms with E-state index >= 15 is 0 Å². The number of halogens is 2. The van der Waals surface area contributed by atoms with Gasteiger partial charge in [-0.25, -0.2) is 13.8 Å². The Morgan fingerprint density at radius 2 is 1.90 bits per heavy atom. The number of likely N-dealkylation sites (tertiary alicyclic amines) is 2. The van der Waals surface area contributed by atoms with Crippen LogP contribution in [0.5, 0.6) is 5.88 Å². The number of hydrogen-bond acceptors (Lipinski definition) is 6. The summed E-state index contributed by atoms with van der Waals surface area (Å²) in [6.07, 6.45) is 3.68. The van der Waals surface area contributed by atoms with Crippen molar-refractivity contribution in [2.75, 3.05) is 32.8 Å². The number of β-amino-alcohol motifs (C(OH)–C–C–N with tert-alkyl or cyclic N) is 1. The van der Waals surface area contributed by atoms with Crippen LogP contribution in [-0.4, -0.2) is 82.3 Å². The highest BCUT2D eigenvalue weighted by Gasteiger charge is 2.38. The van der Waals surface area contributed by atoms with Crippen LogP contribution in [0.25, 0.3) is 11.1 Å². The van der Waals surface area contributed by atoms with Crippen LogP contribution >= 0.6 is 0 Å². The van der Waals surface area contributed by atoms with Gasteiger partial charge in [-0.05, 0) is 62.9 Å². The van der Waals surface area contributed by atoms with E-state index in [9.17, 15) is 23.5 Å². The number of nitrogens with zero attached hydrogens (tertiary/aromatic N) is 3. The Balaban J connectivity index is 1.31. The topological polar surface area (TPSA) is 109 Å². The summed E-state index contributed by atoms with van der Waals surface area (Å²) in [5.74, 6) is -1.07. The van der Waals surface area contributed by atoms with Gasteiger partial charge in [0.2, 0.25) is 11.8 Å². The highest BCUT2D eigenvalue weighted by atomic mass is 19.1. The molecule has 1 aromatic heterocycles. The van der Waals surface area contributed by atoms with Crippen molar-refractivity contribution in [1.29, 1.82) is 0 Å². The number of rotatable bonds is 10. The van der Waals surface area contributed by atoms with Crippen molar-refractivity contribution in [3.63, 3.8) is 0 Å². The lowest BCUT2D eigenvalue weighted by atomic mass is 9.94. The number of carbonyl (C=O) groups excluding carboxylic acids is 2. The van der Waals surface area contributed by atoms with Gasteiger partial charge in [0.1, 0.15) is 17.5 Å². The van der Waals surface area contributed by atoms with Crippen molar-refractivity contribution in [3.05, 3.63) is 47.9 Å². The van der Waals surface area contributed by atoms with Crippen LogP contribution < -0.4 is 10.5 Å². The number of nitrogens with two attached hydrogens (primary N) is 1. The van der Waals surface area contributed by atoms with Crippen molar-refractivity contribution in [2.45, 2.75) is 63.8 Å². The Bertz CT molecular complexity index is 1150. The number of carbonyl (C=O) groups is 2. The zero-order chi connectivity index (χ0) is 28.2. The molecule has 0 spiro atoms. The zero-order valence-corrected chi connectivity index (χ0v) is 22.6. The number of ether oxygens (including phenoxy) is 1. The van der Waals surface area contributed by atoms with Crippen LogP contribution in [0.3, 0.4) is 0 Å². The molecule has 0 bridgehead atoms. The summed E-state index contributed by atoms with van der Waals surface area (Å²) < 4.78 is 35.6. The fraction of sp³-hybridized carbons (Fsp3) is 0.552. The molecule has 0 aliphatic carbocycles. The number of hydrogen-bond donors (Lipinski definition) is 2. The Morgan fingerprint density at radius 1 is 1.18 bits per heavy atom. The first-order valence-corrected chi connectivity index (χ1v) is 13.7. The molecule has 0 radical (unpaired) electrons. The Hall–Kier alpha value is -3.11. The van der Waals surface area contributed by atoms with Gasteiger partial charge in [0.05, 0.1) is 12.7 Å². The van der Waals surface area contributed by atoms with E-state index < -0.39 is 35.4 Å². The summed E-state index contributed by atoms with van der Waals surface area (Å²) in [5.41, 5.74) is 5.11. The molecule has 39 heavy (non-hydrogen) atoms. The van der Waals surface area contributed by atoms with Gasteiger partial charge in [-0.15, -0.1) is 0 Å². The third kappa shape index (κ3) is 6.91. The van der Waals surface area contributed by atoms with Gasteiger partial charge in [-0.2, -0.15) is 0 Å². The van der Waals surface area contributed by atoms with Crippen molar-refractivity contribution in [1.82, 2.24) is 14.8 Å².